The monoisotopic (exact) mass is 342 g/mol. The highest BCUT2D eigenvalue weighted by Crippen LogP contribution is 2.21. The van der Waals surface area contributed by atoms with Crippen LogP contribution in [0.3, 0.4) is 0 Å². The summed E-state index contributed by atoms with van der Waals surface area (Å²) in [6.07, 6.45) is 8.57. The third-order valence-electron chi connectivity index (χ3n) is 4.09. The normalized spacial score (nSPS) is 14.2. The molecule has 5 heteroatoms. The number of allylic oxidation sites excluding steroid dienone is 1. The van der Waals surface area contributed by atoms with Crippen molar-refractivity contribution in [3.8, 4) is 0 Å². The molecule has 24 heavy (non-hydrogen) atoms. The van der Waals surface area contributed by atoms with Crippen molar-refractivity contribution in [1.29, 1.82) is 0 Å². The molecule has 0 saturated heterocycles. The molecule has 2 N–H and O–H groups in total. The van der Waals surface area contributed by atoms with Crippen molar-refractivity contribution in [2.75, 3.05) is 17.2 Å². The van der Waals surface area contributed by atoms with Gasteiger partial charge in [0.25, 0.3) is 0 Å². The lowest BCUT2D eigenvalue weighted by Gasteiger charge is -2.13. The number of hydrogen-bond acceptors (Lipinski definition) is 4. The van der Waals surface area contributed by atoms with Gasteiger partial charge in [0.15, 0.2) is 0 Å². The maximum atomic E-state index is 5.92. The first-order chi connectivity index (χ1) is 11.7. The Labute approximate surface area is 148 Å². The number of anilines is 3. The van der Waals surface area contributed by atoms with E-state index in [9.17, 15) is 0 Å². The molecule has 126 valence electrons. The second-order valence-electron chi connectivity index (χ2n) is 6.13. The fraction of sp³-hybridized carbons (Fsp3) is 0.368. The molecule has 0 aliphatic heterocycles. The van der Waals surface area contributed by atoms with Gasteiger partial charge >= 0.3 is 0 Å². The lowest BCUT2D eigenvalue weighted by atomic mass is 9.97. The predicted molar refractivity (Wildman–Crippen MR) is 101 cm³/mol. The van der Waals surface area contributed by atoms with Crippen molar-refractivity contribution in [2.45, 2.75) is 39.0 Å². The first kappa shape index (κ1) is 16.8. The zero-order valence-electron chi connectivity index (χ0n) is 14.0. The lowest BCUT2D eigenvalue weighted by Crippen LogP contribution is -2.09. The molecule has 4 nitrogen and oxygen atoms in total. The lowest BCUT2D eigenvalue weighted by molar-refractivity contribution is 0.679. The van der Waals surface area contributed by atoms with Crippen molar-refractivity contribution >= 4 is 29.1 Å². The van der Waals surface area contributed by atoms with E-state index in [-0.39, 0.29) is 0 Å². The molecule has 1 aliphatic rings. The number of nitrogens with zero attached hydrogens (tertiary/aromatic N) is 2. The van der Waals surface area contributed by atoms with E-state index in [4.69, 9.17) is 11.6 Å². The Balaban J connectivity index is 1.60. The van der Waals surface area contributed by atoms with E-state index in [1.54, 1.807) is 5.57 Å². The quantitative estimate of drug-likeness (QED) is 0.682. The highest BCUT2D eigenvalue weighted by atomic mass is 35.5. The maximum Gasteiger partial charge on any atom is 0.224 e. The molecule has 0 bridgehead atoms. The second kappa shape index (κ2) is 8.15. The topological polar surface area (TPSA) is 49.8 Å². The Morgan fingerprint density at radius 2 is 1.96 bits per heavy atom. The summed E-state index contributed by atoms with van der Waals surface area (Å²) in [5, 5.41) is 7.36. The van der Waals surface area contributed by atoms with Gasteiger partial charge in [0.1, 0.15) is 5.82 Å². The van der Waals surface area contributed by atoms with Crippen LogP contribution in [0.2, 0.25) is 5.02 Å². The van der Waals surface area contributed by atoms with Crippen LogP contribution < -0.4 is 10.6 Å². The van der Waals surface area contributed by atoms with Crippen LogP contribution in [0, 0.1) is 6.92 Å². The van der Waals surface area contributed by atoms with Crippen LogP contribution in [-0.2, 0) is 0 Å². The van der Waals surface area contributed by atoms with Crippen molar-refractivity contribution in [3.63, 3.8) is 0 Å². The summed E-state index contributed by atoms with van der Waals surface area (Å²) >= 11 is 5.92. The molecular weight excluding hydrogens is 320 g/mol. The first-order valence-corrected chi connectivity index (χ1v) is 8.87. The maximum absolute atomic E-state index is 5.92. The van der Waals surface area contributed by atoms with Gasteiger partial charge in [0.05, 0.1) is 0 Å². The standard InChI is InChI=1S/C19H23ClN4/c1-14-13-18(23-17-9-7-16(20)8-10-17)24-19(22-14)21-12-11-15-5-3-2-4-6-15/h5,7-10,13H,2-4,6,11-12H2,1H3,(H2,21,22,23,24). The van der Waals surface area contributed by atoms with Crippen LogP contribution >= 0.6 is 11.6 Å². The van der Waals surface area contributed by atoms with Crippen LogP contribution in [0.5, 0.6) is 0 Å². The van der Waals surface area contributed by atoms with Crippen molar-refractivity contribution < 1.29 is 0 Å². The van der Waals surface area contributed by atoms with Gasteiger partial charge in [-0.1, -0.05) is 23.3 Å². The predicted octanol–water partition coefficient (Wildman–Crippen LogP) is 5.48. The van der Waals surface area contributed by atoms with E-state index in [2.05, 4.69) is 26.7 Å². The molecule has 1 aromatic carbocycles. The van der Waals surface area contributed by atoms with E-state index < -0.39 is 0 Å². The summed E-state index contributed by atoms with van der Waals surface area (Å²) in [6.45, 7) is 2.85. The number of aryl methyl sites for hydroxylation is 1. The fourth-order valence-corrected chi connectivity index (χ4v) is 2.99. The Kier molecular flexibility index (Phi) is 5.70. The SMILES string of the molecule is Cc1cc(Nc2ccc(Cl)cc2)nc(NCCC2=CCCCC2)n1. The number of halogens is 1. The third-order valence-corrected chi connectivity index (χ3v) is 4.34. The van der Waals surface area contributed by atoms with Gasteiger partial charge in [-0.3, -0.25) is 0 Å². The molecule has 0 amide bonds. The van der Waals surface area contributed by atoms with Crippen molar-refractivity contribution in [1.82, 2.24) is 9.97 Å². The van der Waals surface area contributed by atoms with E-state index >= 15 is 0 Å². The molecule has 0 unspecified atom stereocenters. The minimum Gasteiger partial charge on any atom is -0.354 e. The van der Waals surface area contributed by atoms with Gasteiger partial charge < -0.3 is 10.6 Å². The van der Waals surface area contributed by atoms with E-state index in [1.165, 1.54) is 25.7 Å². The number of hydrogen-bond donors (Lipinski definition) is 2. The largest absolute Gasteiger partial charge is 0.354 e. The number of benzene rings is 1. The molecule has 3 rings (SSSR count). The molecule has 2 aromatic rings. The molecule has 0 atom stereocenters. The molecule has 1 aliphatic carbocycles. The molecule has 1 aromatic heterocycles. The molecular formula is C19H23ClN4. The Morgan fingerprint density at radius 3 is 2.71 bits per heavy atom. The average molecular weight is 343 g/mol. The highest BCUT2D eigenvalue weighted by Gasteiger charge is 2.05. The van der Waals surface area contributed by atoms with E-state index in [1.807, 2.05) is 37.3 Å². The van der Waals surface area contributed by atoms with Gasteiger partial charge in [-0.15, -0.1) is 0 Å². The number of rotatable bonds is 6. The first-order valence-electron chi connectivity index (χ1n) is 8.49. The third kappa shape index (κ3) is 4.96. The van der Waals surface area contributed by atoms with Crippen molar-refractivity contribution in [3.05, 3.63) is 52.7 Å². The number of aromatic nitrogens is 2. The van der Waals surface area contributed by atoms with Crippen LogP contribution in [0.1, 0.15) is 37.8 Å². The van der Waals surface area contributed by atoms with Crippen molar-refractivity contribution in [2.24, 2.45) is 0 Å². The Morgan fingerprint density at radius 1 is 1.12 bits per heavy atom. The van der Waals surface area contributed by atoms with Crippen LogP contribution in [-0.4, -0.2) is 16.5 Å². The summed E-state index contributed by atoms with van der Waals surface area (Å²) in [5.41, 5.74) is 3.44. The van der Waals surface area contributed by atoms with Gasteiger partial charge in [-0.2, -0.15) is 4.98 Å². The average Bonchev–Trinajstić information content (AvgIpc) is 2.57. The van der Waals surface area contributed by atoms with Crippen LogP contribution in [0.4, 0.5) is 17.5 Å². The molecule has 0 radical (unpaired) electrons. The van der Waals surface area contributed by atoms with Crippen LogP contribution in [0.25, 0.3) is 0 Å². The van der Waals surface area contributed by atoms with Gasteiger partial charge in [-0.05, 0) is 63.3 Å². The zero-order valence-corrected chi connectivity index (χ0v) is 14.7. The summed E-state index contributed by atoms with van der Waals surface area (Å²) in [7, 11) is 0. The smallest absolute Gasteiger partial charge is 0.224 e. The zero-order chi connectivity index (χ0) is 16.8. The highest BCUT2D eigenvalue weighted by molar-refractivity contribution is 6.30. The van der Waals surface area contributed by atoms with Gasteiger partial charge in [0.2, 0.25) is 5.95 Å². The van der Waals surface area contributed by atoms with E-state index in [0.717, 1.165) is 35.2 Å². The Hall–Kier alpha value is -2.07. The van der Waals surface area contributed by atoms with E-state index in [0.29, 0.717) is 5.95 Å². The van der Waals surface area contributed by atoms with Gasteiger partial charge in [-0.25, -0.2) is 4.98 Å². The molecule has 0 spiro atoms. The van der Waals surface area contributed by atoms with Crippen LogP contribution in [0.15, 0.2) is 42.0 Å². The molecule has 1 heterocycles. The summed E-state index contributed by atoms with van der Waals surface area (Å²) in [5.74, 6) is 1.45. The second-order valence-corrected chi connectivity index (χ2v) is 6.57. The minimum atomic E-state index is 0.669. The molecule has 0 fully saturated rings. The summed E-state index contributed by atoms with van der Waals surface area (Å²) in [4.78, 5) is 9.02. The van der Waals surface area contributed by atoms with Gasteiger partial charge in [0, 0.05) is 29.0 Å². The fourth-order valence-electron chi connectivity index (χ4n) is 2.86. The molecule has 0 saturated carbocycles. The summed E-state index contributed by atoms with van der Waals surface area (Å²) < 4.78 is 0. The Bertz CT molecular complexity index is 710. The minimum absolute atomic E-state index is 0.669. The number of nitrogens with one attached hydrogen (secondary N) is 2. The summed E-state index contributed by atoms with van der Waals surface area (Å²) in [6, 6.07) is 9.51.